The van der Waals surface area contributed by atoms with E-state index in [4.69, 9.17) is 4.84 Å². The van der Waals surface area contributed by atoms with Crippen LogP contribution in [-0.2, 0) is 22.5 Å². The molecule has 1 atom stereocenters. The van der Waals surface area contributed by atoms with Crippen molar-refractivity contribution in [2.24, 2.45) is 5.16 Å². The maximum atomic E-state index is 12.2. The lowest BCUT2D eigenvalue weighted by Crippen LogP contribution is -2.26. The number of fused-ring (bicyclic) bond motifs is 1. The Kier molecular flexibility index (Phi) is 5.26. The molecule has 2 aromatic rings. The van der Waals surface area contributed by atoms with Crippen LogP contribution < -0.4 is 5.32 Å². The quantitative estimate of drug-likeness (QED) is 0.489. The predicted octanol–water partition coefficient (Wildman–Crippen LogP) is 3.46. The van der Waals surface area contributed by atoms with Crippen molar-refractivity contribution in [3.8, 4) is 0 Å². The van der Waals surface area contributed by atoms with E-state index in [9.17, 15) is 14.9 Å². The highest BCUT2D eigenvalue weighted by Crippen LogP contribution is 2.25. The Morgan fingerprint density at radius 2 is 2.08 bits per heavy atom. The Morgan fingerprint density at radius 1 is 1.27 bits per heavy atom. The number of rotatable bonds is 6. The number of non-ortho nitro benzene ring substituents is 1. The average molecular weight is 353 g/mol. The number of oxime groups is 1. The van der Waals surface area contributed by atoms with Crippen LogP contribution in [0.3, 0.4) is 0 Å². The van der Waals surface area contributed by atoms with Gasteiger partial charge in [0.15, 0.2) is 0 Å². The summed E-state index contributed by atoms with van der Waals surface area (Å²) in [5.41, 5.74) is 3.85. The molecule has 26 heavy (non-hydrogen) atoms. The number of nitrogens with one attached hydrogen (secondary N) is 1. The molecule has 134 valence electrons. The fraction of sp³-hybridized carbons (Fsp3) is 0.263. The van der Waals surface area contributed by atoms with Gasteiger partial charge in [0.2, 0.25) is 6.10 Å². The number of carbonyl (C=O) groups excluding carboxylic acids is 1. The maximum absolute atomic E-state index is 12.2. The standard InChI is InChI=1S/C19H19N3O4/c1-13(26-20-12-14-4-2-7-18(10-14)22(24)25)19(23)21-17-9-8-15-5-3-6-16(15)11-17/h2,4,7-13H,3,5-6H2,1H3,(H,21,23)/b20-12+. The normalized spacial score (nSPS) is 14.0. The van der Waals surface area contributed by atoms with Crippen LogP contribution in [-0.4, -0.2) is 23.1 Å². The first kappa shape index (κ1) is 17.6. The molecule has 1 amide bonds. The average Bonchev–Trinajstić information content (AvgIpc) is 3.09. The van der Waals surface area contributed by atoms with Gasteiger partial charge in [0.05, 0.1) is 11.1 Å². The van der Waals surface area contributed by atoms with Crippen LogP contribution in [0.5, 0.6) is 0 Å². The van der Waals surface area contributed by atoms with E-state index in [0.717, 1.165) is 24.9 Å². The summed E-state index contributed by atoms with van der Waals surface area (Å²) in [6, 6.07) is 11.9. The second-order valence-corrected chi connectivity index (χ2v) is 6.16. The molecular weight excluding hydrogens is 334 g/mol. The maximum Gasteiger partial charge on any atom is 0.270 e. The predicted molar refractivity (Wildman–Crippen MR) is 98.3 cm³/mol. The Morgan fingerprint density at radius 3 is 2.88 bits per heavy atom. The van der Waals surface area contributed by atoms with Crippen molar-refractivity contribution in [1.29, 1.82) is 0 Å². The highest BCUT2D eigenvalue weighted by Gasteiger charge is 2.16. The van der Waals surface area contributed by atoms with Crippen molar-refractivity contribution in [2.45, 2.75) is 32.3 Å². The van der Waals surface area contributed by atoms with Crippen molar-refractivity contribution >= 4 is 23.5 Å². The molecule has 0 fully saturated rings. The van der Waals surface area contributed by atoms with Gasteiger partial charge in [-0.3, -0.25) is 14.9 Å². The van der Waals surface area contributed by atoms with Crippen LogP contribution in [0.1, 0.15) is 30.0 Å². The molecule has 7 nitrogen and oxygen atoms in total. The van der Waals surface area contributed by atoms with Crippen molar-refractivity contribution in [3.05, 3.63) is 69.3 Å². The summed E-state index contributed by atoms with van der Waals surface area (Å²) < 4.78 is 0. The summed E-state index contributed by atoms with van der Waals surface area (Å²) >= 11 is 0. The Bertz CT molecular complexity index is 864. The number of nitro groups is 1. The van der Waals surface area contributed by atoms with E-state index >= 15 is 0 Å². The number of nitro benzene ring substituents is 1. The molecule has 3 rings (SSSR count). The third-order valence-electron chi connectivity index (χ3n) is 4.24. The molecule has 7 heteroatoms. The number of anilines is 1. The number of carbonyl (C=O) groups is 1. The number of nitrogens with zero attached hydrogens (tertiary/aromatic N) is 2. The topological polar surface area (TPSA) is 93.8 Å². The zero-order chi connectivity index (χ0) is 18.5. The second-order valence-electron chi connectivity index (χ2n) is 6.16. The van der Waals surface area contributed by atoms with Crippen molar-refractivity contribution in [3.63, 3.8) is 0 Å². The number of amides is 1. The molecule has 1 aliphatic rings. The SMILES string of the molecule is CC(O/N=C/c1cccc([N+](=O)[O-])c1)C(=O)Nc1ccc2c(c1)CCC2. The van der Waals surface area contributed by atoms with Crippen molar-refractivity contribution < 1.29 is 14.6 Å². The van der Waals surface area contributed by atoms with Crippen LogP contribution >= 0.6 is 0 Å². The zero-order valence-electron chi connectivity index (χ0n) is 14.3. The molecule has 2 aromatic carbocycles. The van der Waals surface area contributed by atoms with Gasteiger partial charge >= 0.3 is 0 Å². The second kappa shape index (κ2) is 7.77. The van der Waals surface area contributed by atoms with Gasteiger partial charge in [0, 0.05) is 23.4 Å². The summed E-state index contributed by atoms with van der Waals surface area (Å²) in [5, 5.41) is 17.3. The van der Waals surface area contributed by atoms with E-state index in [-0.39, 0.29) is 11.6 Å². The van der Waals surface area contributed by atoms with Crippen LogP contribution in [0.2, 0.25) is 0 Å². The lowest BCUT2D eigenvalue weighted by molar-refractivity contribution is -0.384. The van der Waals surface area contributed by atoms with Gasteiger partial charge < -0.3 is 10.2 Å². The van der Waals surface area contributed by atoms with Crippen LogP contribution in [0, 0.1) is 10.1 Å². The minimum absolute atomic E-state index is 0.0312. The number of hydrogen-bond donors (Lipinski definition) is 1. The number of aryl methyl sites for hydroxylation is 2. The molecule has 0 aliphatic heterocycles. The smallest absolute Gasteiger partial charge is 0.270 e. The lowest BCUT2D eigenvalue weighted by atomic mass is 10.1. The van der Waals surface area contributed by atoms with Gasteiger partial charge in [-0.15, -0.1) is 0 Å². The highest BCUT2D eigenvalue weighted by atomic mass is 16.6. The molecule has 1 aliphatic carbocycles. The molecule has 0 radical (unpaired) electrons. The molecule has 1 unspecified atom stereocenters. The zero-order valence-corrected chi connectivity index (χ0v) is 14.3. The molecule has 0 saturated carbocycles. The van der Waals surface area contributed by atoms with E-state index in [1.54, 1.807) is 19.1 Å². The van der Waals surface area contributed by atoms with E-state index in [2.05, 4.69) is 10.5 Å². The largest absolute Gasteiger partial charge is 0.383 e. The van der Waals surface area contributed by atoms with Gasteiger partial charge in [0.25, 0.3) is 11.6 Å². The first-order chi connectivity index (χ1) is 12.5. The summed E-state index contributed by atoms with van der Waals surface area (Å²) in [4.78, 5) is 27.6. The fourth-order valence-corrected chi connectivity index (χ4v) is 2.84. The van der Waals surface area contributed by atoms with E-state index in [1.165, 1.54) is 29.5 Å². The van der Waals surface area contributed by atoms with Gasteiger partial charge in [-0.2, -0.15) is 0 Å². The van der Waals surface area contributed by atoms with Crippen LogP contribution in [0.25, 0.3) is 0 Å². The first-order valence-corrected chi connectivity index (χ1v) is 8.39. The Hall–Kier alpha value is -3.22. The van der Waals surface area contributed by atoms with Gasteiger partial charge in [-0.05, 0) is 49.4 Å². The van der Waals surface area contributed by atoms with E-state index < -0.39 is 11.0 Å². The lowest BCUT2D eigenvalue weighted by Gasteiger charge is -2.11. The third-order valence-corrected chi connectivity index (χ3v) is 4.24. The molecule has 0 saturated heterocycles. The van der Waals surface area contributed by atoms with Gasteiger partial charge in [-0.25, -0.2) is 0 Å². The van der Waals surface area contributed by atoms with Crippen molar-refractivity contribution in [2.75, 3.05) is 5.32 Å². The first-order valence-electron chi connectivity index (χ1n) is 8.39. The molecule has 0 heterocycles. The van der Waals surface area contributed by atoms with E-state index in [0.29, 0.717) is 5.56 Å². The minimum atomic E-state index is -0.793. The molecule has 0 bridgehead atoms. The third kappa shape index (κ3) is 4.24. The summed E-state index contributed by atoms with van der Waals surface area (Å²) in [6.07, 6.45) is 3.83. The monoisotopic (exact) mass is 353 g/mol. The Balaban J connectivity index is 1.56. The van der Waals surface area contributed by atoms with Gasteiger partial charge in [0.1, 0.15) is 0 Å². The number of benzene rings is 2. The van der Waals surface area contributed by atoms with Gasteiger partial charge in [-0.1, -0.05) is 23.4 Å². The molecule has 0 spiro atoms. The molecule has 1 N–H and O–H groups in total. The van der Waals surface area contributed by atoms with Crippen molar-refractivity contribution in [1.82, 2.24) is 0 Å². The minimum Gasteiger partial charge on any atom is -0.383 e. The van der Waals surface area contributed by atoms with E-state index in [1.807, 2.05) is 18.2 Å². The Labute approximate surface area is 150 Å². The molecule has 0 aromatic heterocycles. The van der Waals surface area contributed by atoms with Crippen LogP contribution in [0.15, 0.2) is 47.6 Å². The summed E-state index contributed by atoms with van der Waals surface area (Å²) in [6.45, 7) is 1.59. The molecular formula is C19H19N3O4. The summed E-state index contributed by atoms with van der Waals surface area (Å²) in [5.74, 6) is -0.306. The fourth-order valence-electron chi connectivity index (χ4n) is 2.84. The highest BCUT2D eigenvalue weighted by molar-refractivity contribution is 5.94. The van der Waals surface area contributed by atoms with Crippen LogP contribution in [0.4, 0.5) is 11.4 Å². The summed E-state index contributed by atoms with van der Waals surface area (Å²) in [7, 11) is 0. The number of hydrogen-bond acceptors (Lipinski definition) is 5.